The van der Waals surface area contributed by atoms with Gasteiger partial charge >= 0.3 is 0 Å². The Hall–Kier alpha value is -11.9. The molecule has 0 atom stereocenters. The van der Waals surface area contributed by atoms with Crippen molar-refractivity contribution in [2.24, 2.45) is 0 Å². The summed E-state index contributed by atoms with van der Waals surface area (Å²) in [7, 11) is 0. The SMILES string of the molecule is Oc1c(-c2c3c(O)ccc(O)c3c(-c3ccc(-c4c(O)c(O)c(O)c5c(O)c(O)c(O)c(O)c45)c4c(O)c(O)c(O)c(O)c34)c3c(O)c(O)c(O)c(O)c23)c(O)c2c(oc3c4c(O)c(O)c(O)c(O)c4c(O)c(O)c32)c1O. The van der Waals surface area contributed by atoms with Gasteiger partial charge in [-0.2, -0.15) is 0 Å². The molecule has 0 fully saturated rings. The number of fused-ring (bicyclic) bond motifs is 9. The first-order valence-corrected chi connectivity index (χ1v) is 21.3. The quantitative estimate of drug-likeness (QED) is 0.0497. The van der Waals surface area contributed by atoms with Gasteiger partial charge in [-0.1, -0.05) is 12.1 Å². The highest BCUT2D eigenvalue weighted by atomic mass is 16.4. The van der Waals surface area contributed by atoms with Crippen LogP contribution in [0.25, 0.3) is 109 Å². The summed E-state index contributed by atoms with van der Waals surface area (Å²) in [6.45, 7) is 0. The Labute approximate surface area is 419 Å². The molecule has 10 aromatic carbocycles. The van der Waals surface area contributed by atoms with Crippen LogP contribution in [0.2, 0.25) is 0 Å². The van der Waals surface area contributed by atoms with E-state index in [1.165, 1.54) is 0 Å². The van der Waals surface area contributed by atoms with Gasteiger partial charge in [-0.15, -0.1) is 0 Å². The molecule has 392 valence electrons. The Bertz CT molecular complexity index is 4680. The third-order valence-corrected chi connectivity index (χ3v) is 13.6. The number of benzene rings is 10. The number of aromatic hydroxyl groups is 26. The number of hydrogen-bond donors (Lipinski definition) is 26. The minimum atomic E-state index is -1.62. The highest BCUT2D eigenvalue weighted by Gasteiger charge is 2.39. The molecule has 0 unspecified atom stereocenters. The lowest BCUT2D eigenvalue weighted by Crippen LogP contribution is -1.97. The summed E-state index contributed by atoms with van der Waals surface area (Å²) in [5.74, 6) is -37.6. The number of furan rings is 1. The van der Waals surface area contributed by atoms with Gasteiger partial charge in [0.1, 0.15) is 17.2 Å². The number of rotatable bonds is 3. The average Bonchev–Trinajstić information content (AvgIpc) is 4.09. The van der Waals surface area contributed by atoms with E-state index in [2.05, 4.69) is 0 Å². The van der Waals surface area contributed by atoms with Crippen LogP contribution in [-0.2, 0) is 0 Å². The summed E-state index contributed by atoms with van der Waals surface area (Å²) in [5.41, 5.74) is -7.82. The van der Waals surface area contributed by atoms with Crippen molar-refractivity contribution in [3.8, 4) is 183 Å². The molecule has 27 nitrogen and oxygen atoms in total. The third-order valence-electron chi connectivity index (χ3n) is 13.6. The Balaban J connectivity index is 1.38. The van der Waals surface area contributed by atoms with Crippen molar-refractivity contribution in [2.75, 3.05) is 0 Å². The van der Waals surface area contributed by atoms with E-state index in [1.54, 1.807) is 0 Å². The first-order chi connectivity index (χ1) is 36.1. The maximum Gasteiger partial charge on any atom is 0.205 e. The highest BCUT2D eigenvalue weighted by Crippen LogP contribution is 2.68. The summed E-state index contributed by atoms with van der Waals surface area (Å²) >= 11 is 0. The van der Waals surface area contributed by atoms with Crippen LogP contribution in [0.1, 0.15) is 0 Å². The van der Waals surface area contributed by atoms with Crippen molar-refractivity contribution < 1.29 is 137 Å². The summed E-state index contributed by atoms with van der Waals surface area (Å²) in [5, 5.41) is 281. The lowest BCUT2D eigenvalue weighted by atomic mass is 9.81. The molecule has 11 aromatic rings. The van der Waals surface area contributed by atoms with Crippen molar-refractivity contribution in [3.05, 3.63) is 24.3 Å². The number of hydrogen-bond acceptors (Lipinski definition) is 27. The Kier molecular flexibility index (Phi) is 9.15. The average molecular weight is 1060 g/mol. The third kappa shape index (κ3) is 5.39. The summed E-state index contributed by atoms with van der Waals surface area (Å²) in [6, 6.07) is 3.03. The molecule has 0 radical (unpaired) electrons. The minimum Gasteiger partial charge on any atom is -0.507 e. The number of phenols is 26. The first kappa shape index (κ1) is 47.4. The molecule has 77 heavy (non-hydrogen) atoms. The van der Waals surface area contributed by atoms with Gasteiger partial charge in [-0.3, -0.25) is 0 Å². The molecule has 26 N–H and O–H groups in total. The van der Waals surface area contributed by atoms with Gasteiger partial charge in [0.05, 0.1) is 32.5 Å². The van der Waals surface area contributed by atoms with Gasteiger partial charge in [0.15, 0.2) is 85.9 Å². The van der Waals surface area contributed by atoms with Gasteiger partial charge in [0.25, 0.3) is 0 Å². The lowest BCUT2D eigenvalue weighted by molar-refractivity contribution is 0.347. The largest absolute Gasteiger partial charge is 0.507 e. The minimum absolute atomic E-state index is 0.732. The van der Waals surface area contributed by atoms with E-state index in [0.717, 1.165) is 24.3 Å². The topological polar surface area (TPSA) is 539 Å². The molecule has 1 heterocycles. The lowest BCUT2D eigenvalue weighted by Gasteiger charge is -2.24. The second-order valence-corrected chi connectivity index (χ2v) is 17.4. The Morgan fingerprint density at radius 2 is 0.442 bits per heavy atom. The van der Waals surface area contributed by atoms with Crippen molar-refractivity contribution in [1.82, 2.24) is 0 Å². The zero-order chi connectivity index (χ0) is 56.1. The van der Waals surface area contributed by atoms with E-state index in [4.69, 9.17) is 4.42 Å². The predicted octanol–water partition coefficient (Wildman–Crippen LogP) is 6.70. The maximum absolute atomic E-state index is 12.4. The fourth-order valence-corrected chi connectivity index (χ4v) is 10.2. The van der Waals surface area contributed by atoms with Gasteiger partial charge in [0, 0.05) is 54.4 Å². The normalized spacial score (nSPS) is 11.9. The zero-order valence-corrected chi connectivity index (χ0v) is 37.3. The predicted molar refractivity (Wildman–Crippen MR) is 261 cm³/mol. The number of phenolic OH excluding ortho intramolecular Hbond substituents is 26. The molecule has 0 spiro atoms. The monoisotopic (exact) mass is 1060 g/mol. The van der Waals surface area contributed by atoms with E-state index in [9.17, 15) is 133 Å². The summed E-state index contributed by atoms with van der Waals surface area (Å²) in [4.78, 5) is 0. The molecule has 0 aliphatic carbocycles. The van der Waals surface area contributed by atoms with Crippen LogP contribution >= 0.6 is 0 Å². The molecule has 0 aliphatic rings. The molecule has 0 saturated carbocycles. The van der Waals surface area contributed by atoms with Gasteiger partial charge in [0.2, 0.25) is 57.5 Å². The summed E-state index contributed by atoms with van der Waals surface area (Å²) < 4.78 is 5.65. The molecular formula is C50H30O27. The van der Waals surface area contributed by atoms with Crippen LogP contribution in [0.15, 0.2) is 28.7 Å². The Morgan fingerprint density at radius 3 is 0.896 bits per heavy atom. The Morgan fingerprint density at radius 1 is 0.169 bits per heavy atom. The molecule has 11 rings (SSSR count). The maximum atomic E-state index is 12.4. The molecule has 0 amide bonds. The van der Waals surface area contributed by atoms with E-state index < -0.39 is 259 Å². The molecule has 0 saturated heterocycles. The molecule has 1 aromatic heterocycles. The van der Waals surface area contributed by atoms with Crippen molar-refractivity contribution in [1.29, 1.82) is 0 Å². The van der Waals surface area contributed by atoms with Gasteiger partial charge in [-0.25, -0.2) is 0 Å². The van der Waals surface area contributed by atoms with Crippen molar-refractivity contribution in [3.63, 3.8) is 0 Å². The molecule has 0 aliphatic heterocycles. The molecular weight excluding hydrogens is 1030 g/mol. The van der Waals surface area contributed by atoms with Crippen LogP contribution < -0.4 is 0 Å². The van der Waals surface area contributed by atoms with Crippen molar-refractivity contribution in [2.45, 2.75) is 0 Å². The first-order valence-electron chi connectivity index (χ1n) is 21.3. The van der Waals surface area contributed by atoms with Crippen LogP contribution in [0, 0.1) is 0 Å². The standard InChI is InChI=1S/C50H30O27/c51-7-3-4-8(52)14-13(7)9(5-1-2-6(11-10(5)26(54)40(68)41(69)27(11)55)12-17-20(33(61)39(67)28(12)56)34(62)45(73)43(71)30(17)58)16-18(31(59)44(72)42(70)29(16)57)15(14)19-25(53)23-24-37(65)32(60)21-22(38(66)47(75)46(74)35(21)63)49(24)77-50(23)48(76)36(19)64/h1-4,51-76H. The highest BCUT2D eigenvalue weighted by molar-refractivity contribution is 6.34. The second kappa shape index (κ2) is 14.8. The second-order valence-electron chi connectivity index (χ2n) is 17.4. The van der Waals surface area contributed by atoms with Crippen LogP contribution in [0.4, 0.5) is 0 Å². The van der Waals surface area contributed by atoms with E-state index >= 15 is 0 Å². The van der Waals surface area contributed by atoms with E-state index in [0.29, 0.717) is 0 Å². The van der Waals surface area contributed by atoms with E-state index in [-0.39, 0.29) is 0 Å². The summed E-state index contributed by atoms with van der Waals surface area (Å²) in [6.07, 6.45) is 0. The van der Waals surface area contributed by atoms with Crippen LogP contribution in [0.5, 0.6) is 149 Å². The van der Waals surface area contributed by atoms with Gasteiger partial charge < -0.3 is 137 Å². The fraction of sp³-hybridized carbons (Fsp3) is 0. The van der Waals surface area contributed by atoms with Crippen molar-refractivity contribution >= 4 is 75.8 Å². The molecule has 27 heteroatoms. The fourth-order valence-electron chi connectivity index (χ4n) is 10.2. The van der Waals surface area contributed by atoms with Gasteiger partial charge in [-0.05, 0) is 23.3 Å². The smallest absolute Gasteiger partial charge is 0.205 e. The van der Waals surface area contributed by atoms with Crippen LogP contribution in [0.3, 0.4) is 0 Å². The van der Waals surface area contributed by atoms with Crippen LogP contribution in [-0.4, -0.2) is 133 Å². The zero-order valence-electron chi connectivity index (χ0n) is 37.3. The molecule has 0 bridgehead atoms. The van der Waals surface area contributed by atoms with E-state index in [1.807, 2.05) is 0 Å².